The molecule has 1 aromatic carbocycles. The SMILES string of the molecule is COC(=O)[C@@H]1C[C@@]1(C(=O)OC)c1cccc(Cl)c1. The summed E-state index contributed by atoms with van der Waals surface area (Å²) in [6, 6.07) is 6.91. The van der Waals surface area contributed by atoms with Crippen LogP contribution in [-0.4, -0.2) is 26.2 Å². The monoisotopic (exact) mass is 268 g/mol. The van der Waals surface area contributed by atoms with E-state index >= 15 is 0 Å². The molecule has 0 heterocycles. The molecule has 1 saturated carbocycles. The van der Waals surface area contributed by atoms with Gasteiger partial charge in [0, 0.05) is 5.02 Å². The minimum atomic E-state index is -0.938. The molecule has 0 saturated heterocycles. The first-order valence-corrected chi connectivity index (χ1v) is 5.86. The predicted molar refractivity (Wildman–Crippen MR) is 65.3 cm³/mol. The first-order chi connectivity index (χ1) is 8.56. The molecule has 0 unspecified atom stereocenters. The van der Waals surface area contributed by atoms with Gasteiger partial charge in [-0.1, -0.05) is 23.7 Å². The molecule has 0 spiro atoms. The molecule has 2 rings (SSSR count). The minimum absolute atomic E-state index is 0.396. The van der Waals surface area contributed by atoms with Gasteiger partial charge < -0.3 is 9.47 Å². The number of rotatable bonds is 3. The van der Waals surface area contributed by atoms with Gasteiger partial charge in [0.15, 0.2) is 0 Å². The summed E-state index contributed by atoms with van der Waals surface area (Å²) in [5.74, 6) is -1.33. The molecule has 96 valence electrons. The average Bonchev–Trinajstić information content (AvgIpc) is 3.13. The Balaban J connectivity index is 2.40. The van der Waals surface area contributed by atoms with Gasteiger partial charge in [0.25, 0.3) is 0 Å². The van der Waals surface area contributed by atoms with Crippen LogP contribution in [0.1, 0.15) is 12.0 Å². The fraction of sp³-hybridized carbons (Fsp3) is 0.385. The largest absolute Gasteiger partial charge is 0.469 e. The first kappa shape index (κ1) is 12.9. The van der Waals surface area contributed by atoms with Crippen LogP contribution in [0.3, 0.4) is 0 Å². The van der Waals surface area contributed by atoms with Crippen LogP contribution in [0.2, 0.25) is 5.02 Å². The smallest absolute Gasteiger partial charge is 0.317 e. The molecule has 1 aliphatic carbocycles. The molecule has 1 aromatic rings. The third kappa shape index (κ3) is 1.86. The summed E-state index contributed by atoms with van der Waals surface area (Å²) in [5.41, 5.74) is -0.246. The standard InChI is InChI=1S/C13H13ClO4/c1-17-11(15)10-7-13(10,12(16)18-2)8-4-3-5-9(14)6-8/h3-6,10H,7H2,1-2H3/t10-,13+/m0/s1. The second kappa shape index (κ2) is 4.61. The van der Waals surface area contributed by atoms with Crippen LogP contribution in [0.15, 0.2) is 24.3 Å². The van der Waals surface area contributed by atoms with E-state index in [2.05, 4.69) is 0 Å². The second-order valence-electron chi connectivity index (χ2n) is 4.25. The van der Waals surface area contributed by atoms with E-state index in [0.29, 0.717) is 17.0 Å². The first-order valence-electron chi connectivity index (χ1n) is 5.48. The molecule has 4 nitrogen and oxygen atoms in total. The molecule has 2 atom stereocenters. The normalized spacial score (nSPS) is 25.4. The third-order valence-corrected chi connectivity index (χ3v) is 3.57. The summed E-state index contributed by atoms with van der Waals surface area (Å²) in [6.07, 6.45) is 0.396. The Morgan fingerprint density at radius 1 is 1.33 bits per heavy atom. The number of benzene rings is 1. The lowest BCUT2D eigenvalue weighted by atomic mass is 9.93. The molecular weight excluding hydrogens is 256 g/mol. The Labute approximate surface area is 110 Å². The van der Waals surface area contributed by atoms with Gasteiger partial charge in [-0.15, -0.1) is 0 Å². The summed E-state index contributed by atoms with van der Waals surface area (Å²) in [7, 11) is 2.61. The Kier molecular flexibility index (Phi) is 3.30. The lowest BCUT2D eigenvalue weighted by Crippen LogP contribution is -2.27. The Morgan fingerprint density at radius 2 is 2.06 bits per heavy atom. The van der Waals surface area contributed by atoms with E-state index in [1.807, 2.05) is 0 Å². The predicted octanol–water partition coefficient (Wildman–Crippen LogP) is 1.94. The van der Waals surface area contributed by atoms with Gasteiger partial charge in [-0.25, -0.2) is 0 Å². The highest BCUT2D eigenvalue weighted by Crippen LogP contribution is 2.56. The van der Waals surface area contributed by atoms with Crippen molar-refractivity contribution in [3.8, 4) is 0 Å². The van der Waals surface area contributed by atoms with Crippen molar-refractivity contribution in [2.24, 2.45) is 5.92 Å². The maximum atomic E-state index is 12.0. The van der Waals surface area contributed by atoms with E-state index in [1.54, 1.807) is 24.3 Å². The van der Waals surface area contributed by atoms with Crippen LogP contribution < -0.4 is 0 Å². The van der Waals surface area contributed by atoms with E-state index in [-0.39, 0.29) is 0 Å². The molecule has 0 radical (unpaired) electrons. The Bertz CT molecular complexity index is 500. The number of ether oxygens (including phenoxy) is 2. The van der Waals surface area contributed by atoms with E-state index in [9.17, 15) is 9.59 Å². The molecule has 0 aromatic heterocycles. The number of hydrogen-bond donors (Lipinski definition) is 0. The van der Waals surface area contributed by atoms with Gasteiger partial charge in [0.1, 0.15) is 5.41 Å². The molecule has 0 N–H and O–H groups in total. The van der Waals surface area contributed by atoms with Crippen molar-refractivity contribution in [3.63, 3.8) is 0 Å². The van der Waals surface area contributed by atoms with Gasteiger partial charge in [-0.2, -0.15) is 0 Å². The fourth-order valence-electron chi connectivity index (χ4n) is 2.30. The van der Waals surface area contributed by atoms with Crippen LogP contribution in [-0.2, 0) is 24.5 Å². The van der Waals surface area contributed by atoms with Crippen LogP contribution in [0.4, 0.5) is 0 Å². The van der Waals surface area contributed by atoms with Gasteiger partial charge in [-0.05, 0) is 24.1 Å². The van der Waals surface area contributed by atoms with Gasteiger partial charge in [0.2, 0.25) is 0 Å². The van der Waals surface area contributed by atoms with Crippen LogP contribution >= 0.6 is 11.6 Å². The van der Waals surface area contributed by atoms with Crippen LogP contribution in [0, 0.1) is 5.92 Å². The number of carbonyl (C=O) groups is 2. The summed E-state index contributed by atoms with van der Waals surface area (Å²) in [6.45, 7) is 0. The van der Waals surface area contributed by atoms with Crippen molar-refractivity contribution < 1.29 is 19.1 Å². The third-order valence-electron chi connectivity index (χ3n) is 3.34. The fourth-order valence-corrected chi connectivity index (χ4v) is 2.49. The Hall–Kier alpha value is -1.55. The van der Waals surface area contributed by atoms with Gasteiger partial charge in [-0.3, -0.25) is 9.59 Å². The molecular formula is C13H13ClO4. The number of carbonyl (C=O) groups excluding carboxylic acids is 2. The molecule has 0 amide bonds. The van der Waals surface area contributed by atoms with E-state index < -0.39 is 23.3 Å². The number of esters is 2. The zero-order chi connectivity index (χ0) is 13.3. The molecule has 1 aliphatic rings. The van der Waals surface area contributed by atoms with Crippen molar-refractivity contribution in [1.82, 2.24) is 0 Å². The molecule has 1 fully saturated rings. The minimum Gasteiger partial charge on any atom is -0.469 e. The van der Waals surface area contributed by atoms with Crippen molar-refractivity contribution >= 4 is 23.5 Å². The Morgan fingerprint density at radius 3 is 2.61 bits per heavy atom. The number of halogens is 1. The van der Waals surface area contributed by atoms with Crippen LogP contribution in [0.25, 0.3) is 0 Å². The van der Waals surface area contributed by atoms with E-state index in [1.165, 1.54) is 14.2 Å². The quantitative estimate of drug-likeness (QED) is 0.786. The maximum absolute atomic E-state index is 12.0. The van der Waals surface area contributed by atoms with Crippen molar-refractivity contribution in [3.05, 3.63) is 34.9 Å². The van der Waals surface area contributed by atoms with Crippen molar-refractivity contribution in [2.75, 3.05) is 14.2 Å². The van der Waals surface area contributed by atoms with Crippen molar-refractivity contribution in [2.45, 2.75) is 11.8 Å². The van der Waals surface area contributed by atoms with E-state index in [4.69, 9.17) is 21.1 Å². The number of methoxy groups -OCH3 is 2. The molecule has 0 aliphatic heterocycles. The molecule has 0 bridgehead atoms. The van der Waals surface area contributed by atoms with Crippen LogP contribution in [0.5, 0.6) is 0 Å². The lowest BCUT2D eigenvalue weighted by Gasteiger charge is -2.15. The highest BCUT2D eigenvalue weighted by atomic mass is 35.5. The molecule has 18 heavy (non-hydrogen) atoms. The topological polar surface area (TPSA) is 52.6 Å². The summed E-state index contributed by atoms with van der Waals surface area (Å²) < 4.78 is 9.50. The lowest BCUT2D eigenvalue weighted by molar-refractivity contribution is -0.149. The van der Waals surface area contributed by atoms with Gasteiger partial charge in [0.05, 0.1) is 20.1 Å². The highest BCUT2D eigenvalue weighted by molar-refractivity contribution is 6.30. The second-order valence-corrected chi connectivity index (χ2v) is 4.69. The van der Waals surface area contributed by atoms with E-state index in [0.717, 1.165) is 0 Å². The molecule has 5 heteroatoms. The summed E-state index contributed by atoms with van der Waals surface area (Å²) in [4.78, 5) is 23.6. The summed E-state index contributed by atoms with van der Waals surface area (Å²) >= 11 is 5.92. The maximum Gasteiger partial charge on any atom is 0.317 e. The van der Waals surface area contributed by atoms with Crippen molar-refractivity contribution in [1.29, 1.82) is 0 Å². The average molecular weight is 269 g/mol. The summed E-state index contributed by atoms with van der Waals surface area (Å²) in [5, 5.41) is 0.520. The van der Waals surface area contributed by atoms with Gasteiger partial charge >= 0.3 is 11.9 Å². The highest BCUT2D eigenvalue weighted by Gasteiger charge is 2.66. The zero-order valence-electron chi connectivity index (χ0n) is 10.1. The number of hydrogen-bond acceptors (Lipinski definition) is 4. The zero-order valence-corrected chi connectivity index (χ0v) is 10.9.